The lowest BCUT2D eigenvalue weighted by Gasteiger charge is -2.18. The Labute approximate surface area is 84.2 Å². The molecule has 0 amide bonds. The van der Waals surface area contributed by atoms with Gasteiger partial charge in [0, 0.05) is 11.6 Å². The van der Waals surface area contributed by atoms with Crippen molar-refractivity contribution in [2.45, 2.75) is 25.7 Å². The molecule has 1 heterocycles. The van der Waals surface area contributed by atoms with Gasteiger partial charge in [-0.25, -0.2) is 0 Å². The van der Waals surface area contributed by atoms with E-state index in [1.807, 2.05) is 0 Å². The summed E-state index contributed by atoms with van der Waals surface area (Å²) >= 11 is 0. The van der Waals surface area contributed by atoms with Crippen LogP contribution in [0, 0.1) is 0 Å². The number of nitrogens with zero attached hydrogens (tertiary/aromatic N) is 1. The molecular formula is C13H13N. The number of aliphatic imine (C=N–C) groups is 1. The highest BCUT2D eigenvalue weighted by Gasteiger charge is 2.27. The predicted molar refractivity (Wildman–Crippen MR) is 59.3 cm³/mol. The van der Waals surface area contributed by atoms with Crippen molar-refractivity contribution in [3.8, 4) is 0 Å². The maximum Gasteiger partial charge on any atom is 0.0671 e. The molecular weight excluding hydrogens is 170 g/mol. The smallest absolute Gasteiger partial charge is 0.0671 e. The molecule has 1 aliphatic carbocycles. The fourth-order valence-corrected chi connectivity index (χ4v) is 2.39. The highest BCUT2D eigenvalue weighted by atomic mass is 14.8. The van der Waals surface area contributed by atoms with Crippen molar-refractivity contribution in [3.63, 3.8) is 0 Å². The Kier molecular flexibility index (Phi) is 1.60. The molecule has 0 saturated carbocycles. The van der Waals surface area contributed by atoms with E-state index in [9.17, 15) is 0 Å². The molecule has 1 atom stereocenters. The zero-order valence-electron chi connectivity index (χ0n) is 8.33. The summed E-state index contributed by atoms with van der Waals surface area (Å²) < 4.78 is 0. The van der Waals surface area contributed by atoms with Gasteiger partial charge < -0.3 is 0 Å². The summed E-state index contributed by atoms with van der Waals surface area (Å²) in [5.41, 5.74) is 5.34. The van der Waals surface area contributed by atoms with Gasteiger partial charge in [0.15, 0.2) is 0 Å². The molecule has 0 bridgehead atoms. The van der Waals surface area contributed by atoms with Gasteiger partial charge >= 0.3 is 0 Å². The van der Waals surface area contributed by atoms with Crippen LogP contribution in [0.25, 0.3) is 0 Å². The van der Waals surface area contributed by atoms with Crippen molar-refractivity contribution in [2.75, 3.05) is 0 Å². The van der Waals surface area contributed by atoms with Crippen LogP contribution in [0.2, 0.25) is 0 Å². The fraction of sp³-hybridized carbons (Fsp3) is 0.308. The molecule has 0 saturated heterocycles. The number of allylic oxidation sites excluding steroid dienone is 2. The second-order valence-corrected chi connectivity index (χ2v) is 4.18. The Balaban J connectivity index is 2.13. The van der Waals surface area contributed by atoms with E-state index < -0.39 is 0 Å². The fourth-order valence-electron chi connectivity index (χ4n) is 2.39. The Morgan fingerprint density at radius 2 is 2.14 bits per heavy atom. The molecule has 14 heavy (non-hydrogen) atoms. The molecule has 1 unspecified atom stereocenters. The van der Waals surface area contributed by atoms with Gasteiger partial charge in [-0.15, -0.1) is 0 Å². The van der Waals surface area contributed by atoms with E-state index in [1.165, 1.54) is 35.4 Å². The lowest BCUT2D eigenvalue weighted by atomic mass is 9.85. The summed E-state index contributed by atoms with van der Waals surface area (Å²) in [4.78, 5) is 4.66. The first kappa shape index (κ1) is 7.98. The Bertz CT molecular complexity index is 440. The van der Waals surface area contributed by atoms with E-state index in [0.29, 0.717) is 5.92 Å². The summed E-state index contributed by atoms with van der Waals surface area (Å²) in [6, 6.07) is 8.51. The van der Waals surface area contributed by atoms with E-state index in [4.69, 9.17) is 0 Å². The van der Waals surface area contributed by atoms with Crippen LogP contribution in [-0.4, -0.2) is 5.71 Å². The third-order valence-electron chi connectivity index (χ3n) is 3.14. The van der Waals surface area contributed by atoms with Gasteiger partial charge in [0.25, 0.3) is 0 Å². The normalized spacial score (nSPS) is 23.6. The molecule has 2 aliphatic rings. The predicted octanol–water partition coefficient (Wildman–Crippen LogP) is 3.60. The number of para-hydroxylation sites is 1. The van der Waals surface area contributed by atoms with E-state index in [2.05, 4.69) is 42.3 Å². The second kappa shape index (κ2) is 2.81. The molecule has 1 aromatic rings. The minimum absolute atomic E-state index is 0.579. The molecule has 1 nitrogen and oxygen atoms in total. The summed E-state index contributed by atoms with van der Waals surface area (Å²) in [6.07, 6.45) is 4.71. The van der Waals surface area contributed by atoms with Gasteiger partial charge in [0.05, 0.1) is 5.69 Å². The van der Waals surface area contributed by atoms with Crippen LogP contribution in [0.3, 0.4) is 0 Å². The summed E-state index contributed by atoms with van der Waals surface area (Å²) in [6.45, 7) is 2.20. The molecule has 0 spiro atoms. The lowest BCUT2D eigenvalue weighted by molar-refractivity contribution is 0.756. The maximum atomic E-state index is 4.66. The van der Waals surface area contributed by atoms with Crippen molar-refractivity contribution in [1.29, 1.82) is 0 Å². The average Bonchev–Trinajstić information content (AvgIpc) is 2.54. The monoisotopic (exact) mass is 183 g/mol. The van der Waals surface area contributed by atoms with Crippen molar-refractivity contribution >= 4 is 11.4 Å². The number of hydrogen-bond acceptors (Lipinski definition) is 1. The maximum absolute atomic E-state index is 4.66. The number of hydrogen-bond donors (Lipinski definition) is 0. The summed E-state index contributed by atoms with van der Waals surface area (Å²) in [7, 11) is 0. The third-order valence-corrected chi connectivity index (χ3v) is 3.14. The van der Waals surface area contributed by atoms with E-state index >= 15 is 0 Å². The highest BCUT2D eigenvalue weighted by molar-refractivity contribution is 6.06. The first-order chi connectivity index (χ1) is 6.84. The molecule has 0 aromatic heterocycles. The first-order valence-corrected chi connectivity index (χ1v) is 5.19. The number of benzene rings is 1. The molecule has 3 rings (SSSR count). The van der Waals surface area contributed by atoms with Crippen LogP contribution in [0.5, 0.6) is 0 Å². The Morgan fingerprint density at radius 1 is 1.29 bits per heavy atom. The summed E-state index contributed by atoms with van der Waals surface area (Å²) in [5.74, 6) is 0.579. The van der Waals surface area contributed by atoms with Gasteiger partial charge in [-0.1, -0.05) is 23.8 Å². The van der Waals surface area contributed by atoms with E-state index in [0.717, 1.165) is 0 Å². The summed E-state index contributed by atoms with van der Waals surface area (Å²) in [5, 5.41) is 0. The van der Waals surface area contributed by atoms with Crippen molar-refractivity contribution in [3.05, 3.63) is 41.5 Å². The molecule has 1 aliphatic heterocycles. The molecule has 70 valence electrons. The first-order valence-electron chi connectivity index (χ1n) is 5.19. The molecule has 0 N–H and O–H groups in total. The quantitative estimate of drug-likeness (QED) is 0.582. The van der Waals surface area contributed by atoms with Crippen LogP contribution < -0.4 is 0 Å². The number of fused-ring (bicyclic) bond motifs is 3. The zero-order chi connectivity index (χ0) is 9.54. The largest absolute Gasteiger partial charge is 0.253 e. The van der Waals surface area contributed by atoms with Crippen molar-refractivity contribution < 1.29 is 0 Å². The van der Waals surface area contributed by atoms with E-state index in [-0.39, 0.29) is 0 Å². The van der Waals surface area contributed by atoms with Crippen LogP contribution in [-0.2, 0) is 0 Å². The molecule has 1 heteroatoms. The van der Waals surface area contributed by atoms with Gasteiger partial charge in [-0.05, 0) is 37.5 Å². The highest BCUT2D eigenvalue weighted by Crippen LogP contribution is 2.41. The van der Waals surface area contributed by atoms with Crippen LogP contribution in [0.1, 0.15) is 31.2 Å². The number of rotatable bonds is 0. The van der Waals surface area contributed by atoms with Crippen molar-refractivity contribution in [2.24, 2.45) is 4.99 Å². The molecule has 1 aromatic carbocycles. The zero-order valence-corrected chi connectivity index (χ0v) is 8.33. The van der Waals surface area contributed by atoms with Gasteiger partial charge in [-0.2, -0.15) is 0 Å². The molecule has 0 radical (unpaired) electrons. The van der Waals surface area contributed by atoms with Crippen LogP contribution in [0.15, 0.2) is 40.9 Å². The SMILES string of the molecule is CC1=CC2=Nc3ccccc3C2CC1. The van der Waals surface area contributed by atoms with Gasteiger partial charge in [-0.3, -0.25) is 4.99 Å². The second-order valence-electron chi connectivity index (χ2n) is 4.18. The van der Waals surface area contributed by atoms with Crippen LogP contribution in [0.4, 0.5) is 5.69 Å². The standard InChI is InChI=1S/C13H13N/c1-9-6-7-11-10-4-2-3-5-12(10)14-13(11)8-9/h2-5,8,11H,6-7H2,1H3. The minimum atomic E-state index is 0.579. The van der Waals surface area contributed by atoms with Gasteiger partial charge in [0.2, 0.25) is 0 Å². The van der Waals surface area contributed by atoms with Gasteiger partial charge in [0.1, 0.15) is 0 Å². The minimum Gasteiger partial charge on any atom is -0.253 e. The Hall–Kier alpha value is -1.37. The third kappa shape index (κ3) is 1.05. The van der Waals surface area contributed by atoms with Crippen molar-refractivity contribution in [1.82, 2.24) is 0 Å². The molecule has 0 fully saturated rings. The topological polar surface area (TPSA) is 12.4 Å². The van der Waals surface area contributed by atoms with E-state index in [1.54, 1.807) is 0 Å². The lowest BCUT2D eigenvalue weighted by Crippen LogP contribution is -2.11. The van der Waals surface area contributed by atoms with Crippen LogP contribution >= 0.6 is 0 Å². The average molecular weight is 183 g/mol. The Morgan fingerprint density at radius 3 is 3.07 bits per heavy atom.